The Hall–Kier alpha value is -1.47. The SMILES string of the molecule is CCC(C)c1ccc(O)c(Cc2ccc(Cl)cc2)c1. The minimum atomic E-state index is 0.363. The number of phenolic OH excluding ortho intramolecular Hbond substituents is 1. The molecule has 0 radical (unpaired) electrons. The summed E-state index contributed by atoms with van der Waals surface area (Å²) < 4.78 is 0. The van der Waals surface area contributed by atoms with Crippen molar-refractivity contribution in [2.24, 2.45) is 0 Å². The largest absolute Gasteiger partial charge is 0.508 e. The van der Waals surface area contributed by atoms with Crippen molar-refractivity contribution in [3.05, 3.63) is 64.2 Å². The van der Waals surface area contributed by atoms with Crippen LogP contribution in [0.2, 0.25) is 5.02 Å². The van der Waals surface area contributed by atoms with Crippen molar-refractivity contribution in [1.82, 2.24) is 0 Å². The third-order valence-corrected chi connectivity index (χ3v) is 3.84. The lowest BCUT2D eigenvalue weighted by atomic mass is 9.94. The summed E-state index contributed by atoms with van der Waals surface area (Å²) in [6.45, 7) is 4.38. The molecule has 0 aliphatic carbocycles. The van der Waals surface area contributed by atoms with Gasteiger partial charge in [0.05, 0.1) is 0 Å². The van der Waals surface area contributed by atoms with Gasteiger partial charge in [-0.05, 0) is 47.2 Å². The molecule has 100 valence electrons. The lowest BCUT2D eigenvalue weighted by molar-refractivity contribution is 0.469. The van der Waals surface area contributed by atoms with Crippen LogP contribution in [0.15, 0.2) is 42.5 Å². The van der Waals surface area contributed by atoms with Crippen LogP contribution in [-0.2, 0) is 6.42 Å². The second-order valence-corrected chi connectivity index (χ2v) is 5.44. The number of halogens is 1. The number of aromatic hydroxyl groups is 1. The molecule has 0 amide bonds. The summed E-state index contributed by atoms with van der Waals surface area (Å²) in [5.74, 6) is 0.881. The van der Waals surface area contributed by atoms with Gasteiger partial charge in [-0.25, -0.2) is 0 Å². The summed E-state index contributed by atoms with van der Waals surface area (Å²) in [7, 11) is 0. The second kappa shape index (κ2) is 6.12. The first-order valence-corrected chi connectivity index (χ1v) is 7.04. The summed E-state index contributed by atoms with van der Waals surface area (Å²) in [6.07, 6.45) is 1.83. The van der Waals surface area contributed by atoms with Gasteiger partial charge >= 0.3 is 0 Å². The average Bonchev–Trinajstić information content (AvgIpc) is 2.43. The first-order valence-electron chi connectivity index (χ1n) is 6.66. The van der Waals surface area contributed by atoms with Gasteiger partial charge in [0.2, 0.25) is 0 Å². The molecule has 0 saturated heterocycles. The highest BCUT2D eigenvalue weighted by Crippen LogP contribution is 2.27. The van der Waals surface area contributed by atoms with E-state index in [1.165, 1.54) is 5.56 Å². The molecule has 1 nitrogen and oxygen atoms in total. The molecule has 0 aliphatic rings. The maximum atomic E-state index is 9.98. The van der Waals surface area contributed by atoms with E-state index >= 15 is 0 Å². The Morgan fingerprint density at radius 1 is 1.11 bits per heavy atom. The van der Waals surface area contributed by atoms with E-state index in [1.807, 2.05) is 30.3 Å². The van der Waals surface area contributed by atoms with Crippen molar-refractivity contribution in [3.63, 3.8) is 0 Å². The molecular weight excluding hydrogens is 256 g/mol. The monoisotopic (exact) mass is 274 g/mol. The fourth-order valence-corrected chi connectivity index (χ4v) is 2.24. The van der Waals surface area contributed by atoms with Gasteiger partial charge in [0.25, 0.3) is 0 Å². The van der Waals surface area contributed by atoms with Gasteiger partial charge in [0.15, 0.2) is 0 Å². The van der Waals surface area contributed by atoms with Gasteiger partial charge in [-0.3, -0.25) is 0 Å². The van der Waals surface area contributed by atoms with E-state index in [1.54, 1.807) is 6.07 Å². The molecule has 0 aliphatic heterocycles. The van der Waals surface area contributed by atoms with Crippen LogP contribution in [0.3, 0.4) is 0 Å². The fraction of sp³-hybridized carbons (Fsp3) is 0.294. The van der Waals surface area contributed by atoms with Gasteiger partial charge in [-0.2, -0.15) is 0 Å². The maximum Gasteiger partial charge on any atom is 0.119 e. The topological polar surface area (TPSA) is 20.2 Å². The molecule has 0 aromatic heterocycles. The van der Waals surface area contributed by atoms with Crippen LogP contribution >= 0.6 is 11.6 Å². The van der Waals surface area contributed by atoms with Gasteiger partial charge in [0.1, 0.15) is 5.75 Å². The van der Waals surface area contributed by atoms with Gasteiger partial charge in [0, 0.05) is 11.4 Å². The summed E-state index contributed by atoms with van der Waals surface area (Å²) in [6, 6.07) is 13.7. The van der Waals surface area contributed by atoms with Crippen molar-refractivity contribution in [3.8, 4) is 5.75 Å². The summed E-state index contributed by atoms with van der Waals surface area (Å²) >= 11 is 5.88. The van der Waals surface area contributed by atoms with E-state index in [-0.39, 0.29) is 0 Å². The standard InChI is InChI=1S/C17H19ClO/c1-3-12(2)14-6-9-17(19)15(11-14)10-13-4-7-16(18)8-5-13/h4-9,11-12,19H,3,10H2,1-2H3. The van der Waals surface area contributed by atoms with E-state index in [2.05, 4.69) is 19.9 Å². The number of hydrogen-bond donors (Lipinski definition) is 1. The first-order chi connectivity index (χ1) is 9.10. The van der Waals surface area contributed by atoms with Crippen molar-refractivity contribution in [1.29, 1.82) is 0 Å². The molecular formula is C17H19ClO. The zero-order chi connectivity index (χ0) is 13.8. The third kappa shape index (κ3) is 3.51. The predicted octanol–water partition coefficient (Wildman–Crippen LogP) is 5.15. The molecule has 0 saturated carbocycles. The van der Waals surface area contributed by atoms with Crippen molar-refractivity contribution < 1.29 is 5.11 Å². The van der Waals surface area contributed by atoms with Crippen LogP contribution in [0.4, 0.5) is 0 Å². The van der Waals surface area contributed by atoms with Crippen LogP contribution in [0.5, 0.6) is 5.75 Å². The van der Waals surface area contributed by atoms with Crippen LogP contribution in [0.1, 0.15) is 42.9 Å². The van der Waals surface area contributed by atoms with E-state index < -0.39 is 0 Å². The van der Waals surface area contributed by atoms with E-state index in [0.29, 0.717) is 11.7 Å². The second-order valence-electron chi connectivity index (χ2n) is 5.00. The molecule has 1 N–H and O–H groups in total. The van der Waals surface area contributed by atoms with E-state index in [9.17, 15) is 5.11 Å². The van der Waals surface area contributed by atoms with Gasteiger partial charge in [-0.15, -0.1) is 0 Å². The van der Waals surface area contributed by atoms with Crippen LogP contribution in [0, 0.1) is 0 Å². The first kappa shape index (κ1) is 14.0. The van der Waals surface area contributed by atoms with Crippen molar-refractivity contribution >= 4 is 11.6 Å². The third-order valence-electron chi connectivity index (χ3n) is 3.59. The van der Waals surface area contributed by atoms with E-state index in [4.69, 9.17) is 11.6 Å². The van der Waals surface area contributed by atoms with Crippen LogP contribution < -0.4 is 0 Å². The minimum Gasteiger partial charge on any atom is -0.508 e. The highest BCUT2D eigenvalue weighted by molar-refractivity contribution is 6.30. The smallest absolute Gasteiger partial charge is 0.119 e. The number of benzene rings is 2. The zero-order valence-electron chi connectivity index (χ0n) is 11.4. The molecule has 1 atom stereocenters. The molecule has 2 aromatic rings. The minimum absolute atomic E-state index is 0.363. The molecule has 0 fully saturated rings. The van der Waals surface area contributed by atoms with E-state index in [0.717, 1.165) is 29.0 Å². The average molecular weight is 275 g/mol. The Balaban J connectivity index is 2.26. The van der Waals surface area contributed by atoms with Gasteiger partial charge < -0.3 is 5.11 Å². The normalized spacial score (nSPS) is 12.4. The van der Waals surface area contributed by atoms with Crippen LogP contribution in [-0.4, -0.2) is 5.11 Å². The number of rotatable bonds is 4. The van der Waals surface area contributed by atoms with Gasteiger partial charge in [-0.1, -0.05) is 49.7 Å². The van der Waals surface area contributed by atoms with Crippen molar-refractivity contribution in [2.75, 3.05) is 0 Å². The summed E-state index contributed by atoms with van der Waals surface area (Å²) in [5, 5.41) is 10.7. The fourth-order valence-electron chi connectivity index (χ4n) is 2.11. The molecule has 1 unspecified atom stereocenters. The molecule has 0 heterocycles. The number of hydrogen-bond acceptors (Lipinski definition) is 1. The summed E-state index contributed by atoms with van der Waals surface area (Å²) in [5.41, 5.74) is 3.41. The Morgan fingerprint density at radius 3 is 2.42 bits per heavy atom. The number of phenols is 1. The Kier molecular flexibility index (Phi) is 4.49. The lowest BCUT2D eigenvalue weighted by Gasteiger charge is -2.12. The highest BCUT2D eigenvalue weighted by Gasteiger charge is 2.08. The van der Waals surface area contributed by atoms with Crippen molar-refractivity contribution in [2.45, 2.75) is 32.6 Å². The molecule has 19 heavy (non-hydrogen) atoms. The Labute approximate surface area is 119 Å². The summed E-state index contributed by atoms with van der Waals surface area (Å²) in [4.78, 5) is 0. The predicted molar refractivity (Wildman–Crippen MR) is 81.1 cm³/mol. The maximum absolute atomic E-state index is 9.98. The highest BCUT2D eigenvalue weighted by atomic mass is 35.5. The Morgan fingerprint density at radius 2 is 1.79 bits per heavy atom. The molecule has 0 bridgehead atoms. The lowest BCUT2D eigenvalue weighted by Crippen LogP contribution is -1.95. The quantitative estimate of drug-likeness (QED) is 0.817. The molecule has 0 spiro atoms. The molecule has 2 heteroatoms. The molecule has 2 aromatic carbocycles. The molecule has 2 rings (SSSR count). The zero-order valence-corrected chi connectivity index (χ0v) is 12.1. The van der Waals surface area contributed by atoms with Crippen LogP contribution in [0.25, 0.3) is 0 Å². The Bertz CT molecular complexity index is 546.